The maximum absolute atomic E-state index is 12.4. The van der Waals surface area contributed by atoms with E-state index in [1.54, 1.807) is 6.92 Å². The van der Waals surface area contributed by atoms with Crippen LogP contribution in [0.2, 0.25) is 0 Å². The van der Waals surface area contributed by atoms with E-state index in [1.165, 1.54) is 7.11 Å². The average Bonchev–Trinajstić information content (AvgIpc) is 2.53. The summed E-state index contributed by atoms with van der Waals surface area (Å²) in [4.78, 5) is 16.9. The first-order valence-electron chi connectivity index (χ1n) is 7.81. The van der Waals surface area contributed by atoms with Crippen molar-refractivity contribution >= 4 is 5.97 Å². The van der Waals surface area contributed by atoms with Gasteiger partial charge in [-0.15, -0.1) is 0 Å². The van der Waals surface area contributed by atoms with Gasteiger partial charge in [0.25, 0.3) is 0 Å². The summed E-state index contributed by atoms with van der Waals surface area (Å²) in [5.74, 6) is -0.479. The minimum atomic E-state index is -0.479. The first kappa shape index (κ1) is 17.7. The summed E-state index contributed by atoms with van der Waals surface area (Å²) >= 11 is 0. The molecule has 124 valence electrons. The molecular weight excluding hydrogens is 300 g/mol. The summed E-state index contributed by atoms with van der Waals surface area (Å²) < 4.78 is 4.94. The highest BCUT2D eigenvalue weighted by Gasteiger charge is 2.29. The summed E-state index contributed by atoms with van der Waals surface area (Å²) in [6, 6.07) is 10.0. The Morgan fingerprint density at radius 2 is 1.75 bits per heavy atom. The van der Waals surface area contributed by atoms with Gasteiger partial charge in [0.05, 0.1) is 29.6 Å². The standard InChI is InChI=1S/C20H22N2O2/c1-12-7-9-14(10-8-12)17-15(11-21)18(20(3,4)5)22-13(2)16(17)19(23)24-6/h7-10H,1-6H3. The van der Waals surface area contributed by atoms with Gasteiger partial charge < -0.3 is 4.74 Å². The lowest BCUT2D eigenvalue weighted by Gasteiger charge is -2.23. The monoisotopic (exact) mass is 322 g/mol. The SMILES string of the molecule is COC(=O)c1c(C)nc(C(C)(C)C)c(C#N)c1-c1ccc(C)cc1. The van der Waals surface area contributed by atoms with Crippen LogP contribution in [0, 0.1) is 25.2 Å². The summed E-state index contributed by atoms with van der Waals surface area (Å²) in [5, 5.41) is 9.81. The Hall–Kier alpha value is -2.67. The number of rotatable bonds is 2. The fourth-order valence-corrected chi connectivity index (χ4v) is 2.72. The Labute approximate surface area is 143 Å². The van der Waals surface area contributed by atoms with Crippen LogP contribution in [0.15, 0.2) is 24.3 Å². The third-order valence-corrected chi connectivity index (χ3v) is 3.93. The minimum Gasteiger partial charge on any atom is -0.465 e. The van der Waals surface area contributed by atoms with Gasteiger partial charge in [-0.25, -0.2) is 4.79 Å². The van der Waals surface area contributed by atoms with Gasteiger partial charge in [-0.3, -0.25) is 4.98 Å². The zero-order chi connectivity index (χ0) is 18.1. The number of aromatic nitrogens is 1. The average molecular weight is 322 g/mol. The number of pyridine rings is 1. The maximum Gasteiger partial charge on any atom is 0.340 e. The maximum atomic E-state index is 12.4. The fraction of sp³-hybridized carbons (Fsp3) is 0.350. The number of benzene rings is 1. The molecule has 4 nitrogen and oxygen atoms in total. The molecule has 2 aromatic rings. The molecule has 0 aliphatic carbocycles. The largest absolute Gasteiger partial charge is 0.465 e. The fourth-order valence-electron chi connectivity index (χ4n) is 2.72. The van der Waals surface area contributed by atoms with Crippen LogP contribution in [0.25, 0.3) is 11.1 Å². The number of carbonyl (C=O) groups is 1. The normalized spacial score (nSPS) is 11.0. The number of nitrogens with zero attached hydrogens (tertiary/aromatic N) is 2. The van der Waals surface area contributed by atoms with Gasteiger partial charge in [-0.05, 0) is 19.4 Å². The summed E-state index contributed by atoms with van der Waals surface area (Å²) in [6.45, 7) is 9.79. The molecule has 0 spiro atoms. The van der Waals surface area contributed by atoms with Crippen LogP contribution in [0.1, 0.15) is 53.6 Å². The topological polar surface area (TPSA) is 63.0 Å². The van der Waals surface area contributed by atoms with Crippen LogP contribution in [-0.4, -0.2) is 18.1 Å². The molecule has 0 aliphatic rings. The van der Waals surface area contributed by atoms with Crippen LogP contribution < -0.4 is 0 Å². The Kier molecular flexibility index (Phi) is 4.75. The van der Waals surface area contributed by atoms with Crippen LogP contribution in [0.4, 0.5) is 0 Å². The van der Waals surface area contributed by atoms with E-state index in [2.05, 4.69) is 11.1 Å². The Morgan fingerprint density at radius 1 is 1.17 bits per heavy atom. The molecule has 2 rings (SSSR count). The number of methoxy groups -OCH3 is 1. The lowest BCUT2D eigenvalue weighted by atomic mass is 9.83. The smallest absolute Gasteiger partial charge is 0.340 e. The number of aryl methyl sites for hydroxylation is 2. The molecular formula is C20H22N2O2. The van der Waals surface area contributed by atoms with Gasteiger partial charge in [0.15, 0.2) is 0 Å². The van der Waals surface area contributed by atoms with Crippen molar-refractivity contribution in [3.63, 3.8) is 0 Å². The van der Waals surface area contributed by atoms with Gasteiger partial charge >= 0.3 is 5.97 Å². The second kappa shape index (κ2) is 6.45. The summed E-state index contributed by atoms with van der Waals surface area (Å²) in [6.07, 6.45) is 0. The number of esters is 1. The van der Waals surface area contributed by atoms with Crippen molar-refractivity contribution in [1.82, 2.24) is 4.98 Å². The third-order valence-electron chi connectivity index (χ3n) is 3.93. The molecule has 0 atom stereocenters. The van der Waals surface area contributed by atoms with E-state index in [0.29, 0.717) is 28.1 Å². The Morgan fingerprint density at radius 3 is 2.21 bits per heavy atom. The summed E-state index contributed by atoms with van der Waals surface area (Å²) in [7, 11) is 1.34. The molecule has 0 unspecified atom stereocenters. The van der Waals surface area contributed by atoms with Crippen LogP contribution in [0.5, 0.6) is 0 Å². The van der Waals surface area contributed by atoms with Crippen LogP contribution in [0.3, 0.4) is 0 Å². The predicted molar refractivity (Wildman–Crippen MR) is 93.9 cm³/mol. The van der Waals surface area contributed by atoms with Crippen molar-refractivity contribution in [3.05, 3.63) is 52.3 Å². The van der Waals surface area contributed by atoms with Gasteiger partial charge in [-0.1, -0.05) is 50.6 Å². The second-order valence-electron chi connectivity index (χ2n) is 6.89. The molecule has 0 N–H and O–H groups in total. The van der Waals surface area contributed by atoms with E-state index in [0.717, 1.165) is 11.1 Å². The Balaban J connectivity index is 2.96. The molecule has 0 radical (unpaired) electrons. The molecule has 0 bridgehead atoms. The Bertz CT molecular complexity index is 823. The van der Waals surface area contributed by atoms with Gasteiger partial charge in [0, 0.05) is 11.0 Å². The second-order valence-corrected chi connectivity index (χ2v) is 6.89. The molecule has 0 saturated heterocycles. The molecule has 0 fully saturated rings. The molecule has 0 amide bonds. The van der Waals surface area contributed by atoms with Crippen molar-refractivity contribution in [2.24, 2.45) is 0 Å². The van der Waals surface area contributed by atoms with E-state index in [1.807, 2.05) is 52.0 Å². The lowest BCUT2D eigenvalue weighted by molar-refractivity contribution is 0.0600. The number of ether oxygens (including phenoxy) is 1. The van der Waals surface area contributed by atoms with Crippen molar-refractivity contribution in [2.75, 3.05) is 7.11 Å². The van der Waals surface area contributed by atoms with Gasteiger partial charge in [0.2, 0.25) is 0 Å². The molecule has 24 heavy (non-hydrogen) atoms. The third kappa shape index (κ3) is 3.16. The number of hydrogen-bond acceptors (Lipinski definition) is 4. The number of nitriles is 1. The molecule has 1 aromatic heterocycles. The molecule has 0 saturated carbocycles. The van der Waals surface area contributed by atoms with Crippen molar-refractivity contribution in [1.29, 1.82) is 5.26 Å². The quantitative estimate of drug-likeness (QED) is 0.772. The number of hydrogen-bond donors (Lipinski definition) is 0. The summed E-state index contributed by atoms with van der Waals surface area (Å²) in [5.41, 5.74) is 4.24. The molecule has 0 aliphatic heterocycles. The highest BCUT2D eigenvalue weighted by atomic mass is 16.5. The molecule has 1 heterocycles. The van der Waals surface area contributed by atoms with E-state index in [9.17, 15) is 10.1 Å². The van der Waals surface area contributed by atoms with Crippen molar-refractivity contribution < 1.29 is 9.53 Å². The highest BCUT2D eigenvalue weighted by molar-refractivity contribution is 6.00. The van der Waals surface area contributed by atoms with E-state index in [-0.39, 0.29) is 5.41 Å². The zero-order valence-electron chi connectivity index (χ0n) is 15.0. The molecule has 4 heteroatoms. The minimum absolute atomic E-state index is 0.316. The van der Waals surface area contributed by atoms with Crippen LogP contribution >= 0.6 is 0 Å². The van der Waals surface area contributed by atoms with E-state index >= 15 is 0 Å². The lowest BCUT2D eigenvalue weighted by Crippen LogP contribution is -2.20. The highest BCUT2D eigenvalue weighted by Crippen LogP contribution is 2.35. The predicted octanol–water partition coefficient (Wildman–Crippen LogP) is 4.32. The van der Waals surface area contributed by atoms with Crippen molar-refractivity contribution in [3.8, 4) is 17.2 Å². The first-order valence-corrected chi connectivity index (χ1v) is 7.81. The molecule has 1 aromatic carbocycles. The van der Waals surface area contributed by atoms with Crippen LogP contribution in [-0.2, 0) is 10.2 Å². The van der Waals surface area contributed by atoms with Crippen molar-refractivity contribution in [2.45, 2.75) is 40.0 Å². The van der Waals surface area contributed by atoms with Gasteiger partial charge in [-0.2, -0.15) is 5.26 Å². The first-order chi connectivity index (χ1) is 11.2. The van der Waals surface area contributed by atoms with E-state index < -0.39 is 5.97 Å². The van der Waals surface area contributed by atoms with E-state index in [4.69, 9.17) is 4.74 Å². The number of carbonyl (C=O) groups excluding carboxylic acids is 1. The van der Waals surface area contributed by atoms with Gasteiger partial charge in [0.1, 0.15) is 6.07 Å². The zero-order valence-corrected chi connectivity index (χ0v) is 15.0.